The Morgan fingerprint density at radius 1 is 1.11 bits per heavy atom. The van der Waals surface area contributed by atoms with E-state index in [-0.39, 0.29) is 6.04 Å². The molecule has 0 aromatic carbocycles. The van der Waals surface area contributed by atoms with Gasteiger partial charge in [-0.05, 0) is 19.8 Å². The van der Waals surface area contributed by atoms with E-state index in [1.54, 1.807) is 8.61 Å². The van der Waals surface area contributed by atoms with Gasteiger partial charge in [-0.25, -0.2) is 0 Å². The number of nitrogens with zero attached hydrogens (tertiary/aromatic N) is 3. The first-order chi connectivity index (χ1) is 9.05. The minimum Gasteiger partial charge on any atom is -0.300 e. The fourth-order valence-electron chi connectivity index (χ4n) is 2.87. The zero-order chi connectivity index (χ0) is 13.9. The fraction of sp³-hybridized carbons (Fsp3) is 1.00. The lowest BCUT2D eigenvalue weighted by molar-refractivity contribution is 0.178. The second kappa shape index (κ2) is 6.72. The zero-order valence-electron chi connectivity index (χ0n) is 11.6. The Labute approximate surface area is 121 Å². The molecule has 0 spiro atoms. The van der Waals surface area contributed by atoms with Crippen molar-refractivity contribution in [1.29, 1.82) is 0 Å². The molecule has 0 aromatic rings. The lowest BCUT2D eigenvalue weighted by Gasteiger charge is -2.39. The fourth-order valence-corrected chi connectivity index (χ4v) is 4.95. The molecule has 2 aliphatic heterocycles. The number of piperidine rings is 1. The standard InChI is InChI=1S/C12H24ClN3O2S/c1-12-4-2-3-6-16(12)19(17,18)15-10-8-14(7-5-13)9-11-15/h12H,2-11H2,1H3. The number of rotatable bonds is 4. The molecular weight excluding hydrogens is 286 g/mol. The summed E-state index contributed by atoms with van der Waals surface area (Å²) in [6.07, 6.45) is 3.10. The SMILES string of the molecule is CC1CCCCN1S(=O)(=O)N1CCN(CCCl)CC1. The minimum absolute atomic E-state index is 0.139. The van der Waals surface area contributed by atoms with Gasteiger partial charge in [-0.2, -0.15) is 17.0 Å². The first kappa shape index (κ1) is 15.5. The summed E-state index contributed by atoms with van der Waals surface area (Å²) in [5.41, 5.74) is 0. The summed E-state index contributed by atoms with van der Waals surface area (Å²) in [6.45, 7) is 6.27. The van der Waals surface area contributed by atoms with Gasteiger partial charge < -0.3 is 0 Å². The van der Waals surface area contributed by atoms with Crippen LogP contribution in [0.5, 0.6) is 0 Å². The highest BCUT2D eigenvalue weighted by Crippen LogP contribution is 2.23. The number of alkyl halides is 1. The van der Waals surface area contributed by atoms with Crippen molar-refractivity contribution in [2.75, 3.05) is 45.1 Å². The average Bonchev–Trinajstić information content (AvgIpc) is 2.40. The van der Waals surface area contributed by atoms with E-state index in [4.69, 9.17) is 11.6 Å². The lowest BCUT2D eigenvalue weighted by atomic mass is 10.1. The largest absolute Gasteiger partial charge is 0.300 e. The van der Waals surface area contributed by atoms with Gasteiger partial charge in [0, 0.05) is 51.2 Å². The molecule has 2 heterocycles. The van der Waals surface area contributed by atoms with Gasteiger partial charge in [-0.3, -0.25) is 4.90 Å². The molecule has 2 rings (SSSR count). The molecule has 0 radical (unpaired) electrons. The molecule has 0 bridgehead atoms. The van der Waals surface area contributed by atoms with Crippen LogP contribution in [0.15, 0.2) is 0 Å². The smallest absolute Gasteiger partial charge is 0.282 e. The van der Waals surface area contributed by atoms with Crippen LogP contribution in [0.2, 0.25) is 0 Å². The number of hydrogen-bond donors (Lipinski definition) is 0. The van der Waals surface area contributed by atoms with E-state index in [2.05, 4.69) is 4.90 Å². The van der Waals surface area contributed by atoms with Crippen LogP contribution in [0.1, 0.15) is 26.2 Å². The molecular formula is C12H24ClN3O2S. The predicted molar refractivity (Wildman–Crippen MR) is 77.7 cm³/mol. The third-order valence-corrected chi connectivity index (χ3v) is 6.42. The topological polar surface area (TPSA) is 43.9 Å². The summed E-state index contributed by atoms with van der Waals surface area (Å²) >= 11 is 5.72. The summed E-state index contributed by atoms with van der Waals surface area (Å²) < 4.78 is 28.6. The van der Waals surface area contributed by atoms with E-state index in [0.717, 1.165) is 38.9 Å². The van der Waals surface area contributed by atoms with E-state index in [1.165, 1.54) is 0 Å². The monoisotopic (exact) mass is 309 g/mol. The Hall–Kier alpha value is 0.120. The van der Waals surface area contributed by atoms with Crippen LogP contribution in [-0.2, 0) is 10.2 Å². The van der Waals surface area contributed by atoms with Crippen molar-refractivity contribution in [1.82, 2.24) is 13.5 Å². The lowest BCUT2D eigenvalue weighted by Crippen LogP contribution is -2.55. The van der Waals surface area contributed by atoms with Crippen LogP contribution in [-0.4, -0.2) is 73.1 Å². The van der Waals surface area contributed by atoms with Crippen LogP contribution in [0, 0.1) is 0 Å². The van der Waals surface area contributed by atoms with Crippen molar-refractivity contribution in [3.8, 4) is 0 Å². The average molecular weight is 310 g/mol. The van der Waals surface area contributed by atoms with Crippen molar-refractivity contribution in [3.05, 3.63) is 0 Å². The molecule has 1 atom stereocenters. The highest BCUT2D eigenvalue weighted by atomic mass is 35.5. The molecule has 0 N–H and O–H groups in total. The normalized spacial score (nSPS) is 28.6. The summed E-state index contributed by atoms with van der Waals surface area (Å²) in [5.74, 6) is 0.607. The summed E-state index contributed by atoms with van der Waals surface area (Å²) in [5, 5.41) is 0. The van der Waals surface area contributed by atoms with E-state index in [1.807, 2.05) is 6.92 Å². The van der Waals surface area contributed by atoms with Gasteiger partial charge in [0.1, 0.15) is 0 Å². The number of hydrogen-bond acceptors (Lipinski definition) is 3. The van der Waals surface area contributed by atoms with Gasteiger partial charge in [0.15, 0.2) is 0 Å². The van der Waals surface area contributed by atoms with Crippen LogP contribution in [0.3, 0.4) is 0 Å². The molecule has 0 aliphatic carbocycles. The molecule has 0 saturated carbocycles. The van der Waals surface area contributed by atoms with Gasteiger partial charge in [-0.15, -0.1) is 11.6 Å². The molecule has 2 fully saturated rings. The second-order valence-corrected chi connectivity index (χ2v) is 7.65. The van der Waals surface area contributed by atoms with Crippen LogP contribution >= 0.6 is 11.6 Å². The summed E-state index contributed by atoms with van der Waals surface area (Å²) in [7, 11) is -3.27. The molecule has 2 saturated heterocycles. The second-order valence-electron chi connectivity index (χ2n) is 5.39. The minimum atomic E-state index is -3.27. The van der Waals surface area contributed by atoms with Crippen molar-refractivity contribution in [3.63, 3.8) is 0 Å². The van der Waals surface area contributed by atoms with Gasteiger partial charge >= 0.3 is 0 Å². The maximum atomic E-state index is 12.6. The highest BCUT2D eigenvalue weighted by molar-refractivity contribution is 7.86. The van der Waals surface area contributed by atoms with Crippen LogP contribution < -0.4 is 0 Å². The number of halogens is 1. The van der Waals surface area contributed by atoms with Crippen LogP contribution in [0.4, 0.5) is 0 Å². The molecule has 1 unspecified atom stereocenters. The van der Waals surface area contributed by atoms with Crippen molar-refractivity contribution < 1.29 is 8.42 Å². The molecule has 7 heteroatoms. The zero-order valence-corrected chi connectivity index (χ0v) is 13.2. The maximum Gasteiger partial charge on any atom is 0.282 e. The Balaban J connectivity index is 1.97. The van der Waals surface area contributed by atoms with Gasteiger partial charge in [0.2, 0.25) is 0 Å². The first-order valence-corrected chi connectivity index (χ1v) is 9.04. The summed E-state index contributed by atoms with van der Waals surface area (Å²) in [4.78, 5) is 2.22. The molecule has 2 aliphatic rings. The molecule has 5 nitrogen and oxygen atoms in total. The summed E-state index contributed by atoms with van der Waals surface area (Å²) in [6, 6.07) is 0.139. The number of piperazine rings is 1. The predicted octanol–water partition coefficient (Wildman–Crippen LogP) is 0.962. The Morgan fingerprint density at radius 3 is 2.37 bits per heavy atom. The van der Waals surface area contributed by atoms with Gasteiger partial charge in [0.25, 0.3) is 10.2 Å². The van der Waals surface area contributed by atoms with Gasteiger partial charge in [0.05, 0.1) is 0 Å². The third-order valence-electron chi connectivity index (χ3n) is 4.10. The molecule has 0 aromatic heterocycles. The van der Waals surface area contributed by atoms with E-state index >= 15 is 0 Å². The van der Waals surface area contributed by atoms with Crippen molar-refractivity contribution in [2.45, 2.75) is 32.2 Å². The van der Waals surface area contributed by atoms with Gasteiger partial charge in [-0.1, -0.05) is 6.42 Å². The Kier molecular flexibility index (Phi) is 5.48. The molecule has 0 amide bonds. The first-order valence-electron chi connectivity index (χ1n) is 7.11. The highest BCUT2D eigenvalue weighted by Gasteiger charge is 2.35. The quantitative estimate of drug-likeness (QED) is 0.727. The Bertz CT molecular complexity index is 382. The van der Waals surface area contributed by atoms with Crippen LogP contribution in [0.25, 0.3) is 0 Å². The van der Waals surface area contributed by atoms with E-state index < -0.39 is 10.2 Å². The molecule has 112 valence electrons. The van der Waals surface area contributed by atoms with Crippen molar-refractivity contribution >= 4 is 21.8 Å². The third kappa shape index (κ3) is 3.61. The van der Waals surface area contributed by atoms with E-state index in [9.17, 15) is 8.42 Å². The maximum absolute atomic E-state index is 12.6. The van der Waals surface area contributed by atoms with E-state index in [0.29, 0.717) is 25.5 Å². The Morgan fingerprint density at radius 2 is 1.79 bits per heavy atom. The molecule has 19 heavy (non-hydrogen) atoms. The van der Waals surface area contributed by atoms with Crippen molar-refractivity contribution in [2.24, 2.45) is 0 Å².